The van der Waals surface area contributed by atoms with Gasteiger partial charge in [0, 0.05) is 11.9 Å². The normalized spacial score (nSPS) is 15.6. The van der Waals surface area contributed by atoms with E-state index in [1.54, 1.807) is 20.0 Å². The first kappa shape index (κ1) is 22.0. The maximum Gasteiger partial charge on any atom is 0.341 e. The van der Waals surface area contributed by atoms with Crippen molar-refractivity contribution in [3.8, 4) is 0 Å². The van der Waals surface area contributed by atoms with Gasteiger partial charge in [-0.15, -0.1) is 22.7 Å². The number of hydrogen-bond acceptors (Lipinski definition) is 8. The Morgan fingerprint density at radius 3 is 3.00 bits per heavy atom. The lowest BCUT2D eigenvalue weighted by Gasteiger charge is -2.18. The predicted octanol–water partition coefficient (Wildman–Crippen LogP) is 4.09. The number of aromatic nitrogens is 2. The van der Waals surface area contributed by atoms with Crippen LogP contribution in [0.3, 0.4) is 0 Å². The summed E-state index contributed by atoms with van der Waals surface area (Å²) in [6.07, 6.45) is 2.74. The van der Waals surface area contributed by atoms with Crippen LogP contribution in [-0.2, 0) is 29.4 Å². The molecule has 3 aromatic rings. The van der Waals surface area contributed by atoms with Gasteiger partial charge < -0.3 is 10.1 Å². The zero-order valence-electron chi connectivity index (χ0n) is 17.5. The van der Waals surface area contributed by atoms with Crippen molar-refractivity contribution in [2.45, 2.75) is 38.3 Å². The Kier molecular flexibility index (Phi) is 6.49. The lowest BCUT2D eigenvalue weighted by Crippen LogP contribution is -2.21. The second-order valence-electron chi connectivity index (χ2n) is 7.51. The molecule has 1 unspecified atom stereocenters. The molecule has 1 atom stereocenters. The van der Waals surface area contributed by atoms with E-state index in [-0.39, 0.29) is 29.8 Å². The highest BCUT2D eigenvalue weighted by Crippen LogP contribution is 2.40. The van der Waals surface area contributed by atoms with Crippen molar-refractivity contribution in [1.29, 1.82) is 0 Å². The molecular formula is C21H23N3O4S3. The van der Waals surface area contributed by atoms with Crippen LogP contribution in [0.5, 0.6) is 0 Å². The molecule has 7 nitrogen and oxygen atoms in total. The molecule has 31 heavy (non-hydrogen) atoms. The lowest BCUT2D eigenvalue weighted by molar-refractivity contribution is -0.113. The van der Waals surface area contributed by atoms with Crippen molar-refractivity contribution in [2.75, 3.05) is 17.7 Å². The molecule has 0 aromatic carbocycles. The van der Waals surface area contributed by atoms with Crippen LogP contribution in [0.15, 0.2) is 21.4 Å². The molecule has 0 aliphatic heterocycles. The number of thiophene rings is 2. The highest BCUT2D eigenvalue weighted by Gasteiger charge is 2.29. The Hall–Kier alpha value is -2.17. The first-order valence-electron chi connectivity index (χ1n) is 10.1. The standard InChI is InChI=1S/C21H23N3O4S3/c1-4-28-20(27)16-12-6-5-11(2)9-14(12)31-18(16)23-15(25)10-30-21-22-13-7-8-29-17(13)19(26)24(21)3/h7-8,11H,4-6,9-10H2,1-3H3,(H,23,25). The smallest absolute Gasteiger partial charge is 0.341 e. The number of hydrogen-bond donors (Lipinski definition) is 1. The van der Waals surface area contributed by atoms with Crippen LogP contribution in [0.25, 0.3) is 10.2 Å². The van der Waals surface area contributed by atoms with Crippen LogP contribution in [0, 0.1) is 5.92 Å². The molecule has 4 rings (SSSR count). The molecule has 1 N–H and O–H groups in total. The van der Waals surface area contributed by atoms with E-state index >= 15 is 0 Å². The molecule has 1 amide bonds. The molecule has 164 valence electrons. The molecule has 0 bridgehead atoms. The first-order valence-corrected chi connectivity index (χ1v) is 12.8. The van der Waals surface area contributed by atoms with Crippen molar-refractivity contribution in [3.05, 3.63) is 37.8 Å². The molecule has 1 aliphatic carbocycles. The quantitative estimate of drug-likeness (QED) is 0.327. The summed E-state index contributed by atoms with van der Waals surface area (Å²) in [5.41, 5.74) is 2.03. The number of carbonyl (C=O) groups excluding carboxylic acids is 2. The van der Waals surface area contributed by atoms with Gasteiger partial charge in [-0.1, -0.05) is 18.7 Å². The summed E-state index contributed by atoms with van der Waals surface area (Å²) in [4.78, 5) is 43.4. The number of amides is 1. The van der Waals surface area contributed by atoms with Gasteiger partial charge in [-0.25, -0.2) is 9.78 Å². The number of nitrogens with one attached hydrogen (secondary N) is 1. The van der Waals surface area contributed by atoms with E-state index in [9.17, 15) is 14.4 Å². The lowest BCUT2D eigenvalue weighted by atomic mass is 9.88. The third kappa shape index (κ3) is 4.42. The number of rotatable bonds is 6. The molecule has 0 radical (unpaired) electrons. The van der Waals surface area contributed by atoms with Gasteiger partial charge in [0.05, 0.1) is 23.4 Å². The third-order valence-electron chi connectivity index (χ3n) is 5.22. The Morgan fingerprint density at radius 2 is 2.23 bits per heavy atom. The predicted molar refractivity (Wildman–Crippen MR) is 126 cm³/mol. The fourth-order valence-electron chi connectivity index (χ4n) is 3.65. The van der Waals surface area contributed by atoms with Crippen LogP contribution in [0.2, 0.25) is 0 Å². The van der Waals surface area contributed by atoms with Gasteiger partial charge in [-0.05, 0) is 49.1 Å². The SMILES string of the molecule is CCOC(=O)c1c(NC(=O)CSc2nc3ccsc3c(=O)n2C)sc2c1CCC(C)C2. The van der Waals surface area contributed by atoms with Crippen molar-refractivity contribution < 1.29 is 14.3 Å². The van der Waals surface area contributed by atoms with Crippen LogP contribution in [0.4, 0.5) is 5.00 Å². The second-order valence-corrected chi connectivity index (χ2v) is 10.5. The number of esters is 1. The molecule has 3 aromatic heterocycles. The Balaban J connectivity index is 1.53. The van der Waals surface area contributed by atoms with Gasteiger partial charge in [0.2, 0.25) is 5.91 Å². The summed E-state index contributed by atoms with van der Waals surface area (Å²) in [5.74, 6) is 0.00276. The Bertz CT molecular complexity index is 1210. The molecule has 0 saturated heterocycles. The van der Waals surface area contributed by atoms with Gasteiger partial charge in [-0.3, -0.25) is 14.2 Å². The summed E-state index contributed by atoms with van der Waals surface area (Å²) >= 11 is 4.02. The second kappa shape index (κ2) is 9.13. The van der Waals surface area contributed by atoms with Crippen LogP contribution in [0.1, 0.15) is 41.1 Å². The number of nitrogens with zero attached hydrogens (tertiary/aromatic N) is 2. The van der Waals surface area contributed by atoms with E-state index in [2.05, 4.69) is 17.2 Å². The average molecular weight is 478 g/mol. The maximum atomic E-state index is 12.7. The summed E-state index contributed by atoms with van der Waals surface area (Å²) in [6, 6.07) is 1.80. The maximum absolute atomic E-state index is 12.7. The van der Waals surface area contributed by atoms with Crippen LogP contribution < -0.4 is 10.9 Å². The zero-order chi connectivity index (χ0) is 22.1. The molecule has 3 heterocycles. The van der Waals surface area contributed by atoms with E-state index in [0.717, 1.165) is 29.7 Å². The summed E-state index contributed by atoms with van der Waals surface area (Å²) in [5, 5.41) is 5.77. The van der Waals surface area contributed by atoms with E-state index in [1.165, 1.54) is 39.0 Å². The number of ether oxygens (including phenoxy) is 1. The monoisotopic (exact) mass is 477 g/mol. The highest BCUT2D eigenvalue weighted by atomic mass is 32.2. The average Bonchev–Trinajstić information content (AvgIpc) is 3.33. The van der Waals surface area contributed by atoms with E-state index in [4.69, 9.17) is 4.74 Å². The van der Waals surface area contributed by atoms with Crippen LogP contribution in [-0.4, -0.2) is 33.8 Å². The topological polar surface area (TPSA) is 90.3 Å². The Morgan fingerprint density at radius 1 is 1.42 bits per heavy atom. The minimum absolute atomic E-state index is 0.0805. The van der Waals surface area contributed by atoms with Crippen molar-refractivity contribution in [3.63, 3.8) is 0 Å². The number of carbonyl (C=O) groups is 2. The molecule has 1 aliphatic rings. The van der Waals surface area contributed by atoms with Crippen LogP contribution >= 0.6 is 34.4 Å². The third-order valence-corrected chi connectivity index (χ3v) is 8.31. The summed E-state index contributed by atoms with van der Waals surface area (Å²) < 4.78 is 7.33. The van der Waals surface area contributed by atoms with Crippen molar-refractivity contribution in [1.82, 2.24) is 9.55 Å². The van der Waals surface area contributed by atoms with Gasteiger partial charge in [0.1, 0.15) is 9.70 Å². The first-order chi connectivity index (χ1) is 14.9. The fourth-order valence-corrected chi connectivity index (χ4v) is 6.64. The van der Waals surface area contributed by atoms with Gasteiger partial charge in [-0.2, -0.15) is 0 Å². The molecular weight excluding hydrogens is 454 g/mol. The number of anilines is 1. The number of fused-ring (bicyclic) bond motifs is 2. The number of thioether (sulfide) groups is 1. The fraction of sp³-hybridized carbons (Fsp3) is 0.429. The molecule has 0 spiro atoms. The van der Waals surface area contributed by atoms with E-state index in [1.807, 2.05) is 5.38 Å². The largest absolute Gasteiger partial charge is 0.462 e. The Labute approximate surface area is 191 Å². The van der Waals surface area contributed by atoms with Gasteiger partial charge in [0.15, 0.2) is 5.16 Å². The van der Waals surface area contributed by atoms with Crippen molar-refractivity contribution >= 4 is 61.5 Å². The minimum Gasteiger partial charge on any atom is -0.462 e. The van der Waals surface area contributed by atoms with Gasteiger partial charge >= 0.3 is 5.97 Å². The van der Waals surface area contributed by atoms with E-state index < -0.39 is 0 Å². The molecule has 0 saturated carbocycles. The van der Waals surface area contributed by atoms with Crippen molar-refractivity contribution in [2.24, 2.45) is 13.0 Å². The highest BCUT2D eigenvalue weighted by molar-refractivity contribution is 7.99. The summed E-state index contributed by atoms with van der Waals surface area (Å²) in [6.45, 7) is 4.26. The summed E-state index contributed by atoms with van der Waals surface area (Å²) in [7, 11) is 1.65. The minimum atomic E-state index is -0.385. The zero-order valence-corrected chi connectivity index (χ0v) is 20.0. The molecule has 0 fully saturated rings. The van der Waals surface area contributed by atoms with Gasteiger partial charge in [0.25, 0.3) is 5.56 Å². The molecule has 10 heteroatoms. The van der Waals surface area contributed by atoms with E-state index in [0.29, 0.717) is 31.9 Å².